The predicted octanol–water partition coefficient (Wildman–Crippen LogP) is 2.99. The number of benzodiazepines with no additional fused rings is 1. The second-order valence-electron chi connectivity index (χ2n) is 5.13. The lowest BCUT2D eigenvalue weighted by Crippen LogP contribution is -2.36. The number of aliphatic imine (C=N–C) groups is 1. The first kappa shape index (κ1) is 14.1. The van der Waals surface area contributed by atoms with Gasteiger partial charge in [-0.2, -0.15) is 0 Å². The summed E-state index contributed by atoms with van der Waals surface area (Å²) in [6, 6.07) is 15.8. The molecule has 1 atom stereocenters. The zero-order chi connectivity index (χ0) is 14.8. The van der Waals surface area contributed by atoms with Gasteiger partial charge in [-0.3, -0.25) is 4.99 Å². The van der Waals surface area contributed by atoms with Gasteiger partial charge in [0, 0.05) is 28.9 Å². The average Bonchev–Trinajstić information content (AvgIpc) is 2.65. The molecule has 0 aliphatic carbocycles. The number of para-hydroxylation sites is 1. The average molecular weight is 301 g/mol. The lowest BCUT2D eigenvalue weighted by atomic mass is 10.00. The Labute approximate surface area is 129 Å². The minimum atomic E-state index is -0.0221. The number of halogens is 1. The normalized spacial score (nSPS) is 18.0. The van der Waals surface area contributed by atoms with E-state index < -0.39 is 0 Å². The summed E-state index contributed by atoms with van der Waals surface area (Å²) in [5, 5.41) is 10.3. The van der Waals surface area contributed by atoms with Crippen molar-refractivity contribution in [3.05, 3.63) is 64.7 Å². The van der Waals surface area contributed by atoms with Gasteiger partial charge in [-0.1, -0.05) is 48.0 Å². The van der Waals surface area contributed by atoms with Crippen LogP contribution < -0.4 is 4.90 Å². The third-order valence-corrected chi connectivity index (χ3v) is 4.22. The molecule has 0 radical (unpaired) electrons. The summed E-state index contributed by atoms with van der Waals surface area (Å²) in [6.07, 6.45) is 0. The molecule has 21 heavy (non-hydrogen) atoms. The minimum absolute atomic E-state index is 0.0221. The van der Waals surface area contributed by atoms with Crippen LogP contribution >= 0.6 is 11.6 Å². The molecule has 0 aromatic heterocycles. The summed E-state index contributed by atoms with van der Waals surface area (Å²) in [7, 11) is 1.99. The number of hydrogen-bond acceptors (Lipinski definition) is 3. The minimum Gasteiger partial charge on any atom is -0.394 e. The van der Waals surface area contributed by atoms with Gasteiger partial charge in [0.05, 0.1) is 24.9 Å². The van der Waals surface area contributed by atoms with E-state index >= 15 is 0 Å². The van der Waals surface area contributed by atoms with Crippen molar-refractivity contribution in [2.75, 3.05) is 25.1 Å². The van der Waals surface area contributed by atoms with Crippen molar-refractivity contribution in [3.8, 4) is 0 Å². The van der Waals surface area contributed by atoms with Crippen molar-refractivity contribution >= 4 is 23.0 Å². The molecule has 2 aromatic carbocycles. The second-order valence-corrected chi connectivity index (χ2v) is 5.54. The van der Waals surface area contributed by atoms with Crippen LogP contribution in [0.5, 0.6) is 0 Å². The van der Waals surface area contributed by atoms with E-state index in [4.69, 9.17) is 16.6 Å². The number of anilines is 1. The monoisotopic (exact) mass is 300 g/mol. The van der Waals surface area contributed by atoms with Crippen molar-refractivity contribution in [1.29, 1.82) is 0 Å². The number of rotatable bonds is 2. The fourth-order valence-corrected chi connectivity index (χ4v) is 2.87. The van der Waals surface area contributed by atoms with Crippen molar-refractivity contribution < 1.29 is 5.11 Å². The Morgan fingerprint density at radius 1 is 1.14 bits per heavy atom. The molecule has 108 valence electrons. The molecule has 1 unspecified atom stereocenters. The molecule has 4 heteroatoms. The highest BCUT2D eigenvalue weighted by atomic mass is 35.5. The van der Waals surface area contributed by atoms with Crippen molar-refractivity contribution in [1.82, 2.24) is 0 Å². The topological polar surface area (TPSA) is 35.8 Å². The van der Waals surface area contributed by atoms with Gasteiger partial charge in [0.1, 0.15) is 0 Å². The zero-order valence-electron chi connectivity index (χ0n) is 11.8. The van der Waals surface area contributed by atoms with E-state index in [1.807, 2.05) is 49.5 Å². The van der Waals surface area contributed by atoms with Crippen LogP contribution in [-0.4, -0.2) is 37.1 Å². The summed E-state index contributed by atoms with van der Waals surface area (Å²) >= 11 is 6.34. The molecule has 1 N–H and O–H groups in total. The maximum absolute atomic E-state index is 9.59. The van der Waals surface area contributed by atoms with Gasteiger partial charge in [0.15, 0.2) is 0 Å². The quantitative estimate of drug-likeness (QED) is 0.925. The third-order valence-electron chi connectivity index (χ3n) is 3.89. The summed E-state index contributed by atoms with van der Waals surface area (Å²) in [4.78, 5) is 6.81. The van der Waals surface area contributed by atoms with E-state index in [0.717, 1.165) is 22.5 Å². The number of benzene rings is 2. The van der Waals surface area contributed by atoms with Gasteiger partial charge in [-0.25, -0.2) is 0 Å². The van der Waals surface area contributed by atoms with Crippen LogP contribution in [0.1, 0.15) is 11.1 Å². The molecule has 0 saturated carbocycles. The van der Waals surface area contributed by atoms with Crippen LogP contribution in [0.4, 0.5) is 5.69 Å². The SMILES string of the molecule is CN1c2ccccc2C(c2ccccc2Cl)=NCC1CO. The smallest absolute Gasteiger partial charge is 0.0755 e. The third kappa shape index (κ3) is 2.55. The molecule has 0 bridgehead atoms. The molecule has 1 aliphatic heterocycles. The fraction of sp³-hybridized carbons (Fsp3) is 0.235. The highest BCUT2D eigenvalue weighted by molar-refractivity contribution is 6.35. The molecule has 1 aliphatic rings. The largest absolute Gasteiger partial charge is 0.394 e. The number of nitrogens with zero attached hydrogens (tertiary/aromatic N) is 2. The van der Waals surface area contributed by atoms with Crippen LogP contribution in [0.25, 0.3) is 0 Å². The van der Waals surface area contributed by atoms with E-state index in [-0.39, 0.29) is 12.6 Å². The molecule has 0 amide bonds. The standard InChI is InChI=1S/C17H17ClN2O/c1-20-12(11-21)10-19-17(13-6-2-4-8-15(13)18)14-7-3-5-9-16(14)20/h2-9,12,21H,10-11H2,1H3. The lowest BCUT2D eigenvalue weighted by Gasteiger charge is -2.27. The van der Waals surface area contributed by atoms with Crippen molar-refractivity contribution in [3.63, 3.8) is 0 Å². The summed E-state index contributed by atoms with van der Waals surface area (Å²) in [6.45, 7) is 0.617. The Balaban J connectivity index is 2.19. The first-order valence-electron chi connectivity index (χ1n) is 6.95. The number of hydrogen-bond donors (Lipinski definition) is 1. The predicted molar refractivity (Wildman–Crippen MR) is 87.7 cm³/mol. The van der Waals surface area contributed by atoms with E-state index in [2.05, 4.69) is 11.0 Å². The van der Waals surface area contributed by atoms with Crippen molar-refractivity contribution in [2.24, 2.45) is 4.99 Å². The van der Waals surface area contributed by atoms with Gasteiger partial charge in [0.2, 0.25) is 0 Å². The molecule has 3 nitrogen and oxygen atoms in total. The van der Waals surface area contributed by atoms with Gasteiger partial charge in [-0.05, 0) is 12.1 Å². The first-order chi connectivity index (χ1) is 10.2. The molecule has 0 spiro atoms. The maximum Gasteiger partial charge on any atom is 0.0755 e. The van der Waals surface area contributed by atoms with Crippen LogP contribution in [-0.2, 0) is 0 Å². The Morgan fingerprint density at radius 3 is 2.52 bits per heavy atom. The second kappa shape index (κ2) is 5.88. The molecule has 1 heterocycles. The number of fused-ring (bicyclic) bond motifs is 1. The molecule has 0 fully saturated rings. The van der Waals surface area contributed by atoms with Crippen molar-refractivity contribution in [2.45, 2.75) is 6.04 Å². The van der Waals surface area contributed by atoms with Gasteiger partial charge >= 0.3 is 0 Å². The van der Waals surface area contributed by atoms with Gasteiger partial charge < -0.3 is 10.0 Å². The lowest BCUT2D eigenvalue weighted by molar-refractivity contribution is 0.265. The van der Waals surface area contributed by atoms with Crippen LogP contribution in [0.3, 0.4) is 0 Å². The van der Waals surface area contributed by atoms with Crippen LogP contribution in [0.2, 0.25) is 5.02 Å². The maximum atomic E-state index is 9.59. The summed E-state index contributed by atoms with van der Waals surface area (Å²) in [5.41, 5.74) is 3.93. The first-order valence-corrected chi connectivity index (χ1v) is 7.32. The fourth-order valence-electron chi connectivity index (χ4n) is 2.65. The van der Waals surface area contributed by atoms with Crippen LogP contribution in [0.15, 0.2) is 53.5 Å². The highest BCUT2D eigenvalue weighted by Gasteiger charge is 2.24. The zero-order valence-corrected chi connectivity index (χ0v) is 12.6. The molecule has 2 aromatic rings. The number of likely N-dealkylation sites (N-methyl/N-ethyl adjacent to an activating group) is 1. The van der Waals surface area contributed by atoms with E-state index in [0.29, 0.717) is 11.6 Å². The number of aliphatic hydroxyl groups is 1. The van der Waals surface area contributed by atoms with Gasteiger partial charge in [-0.15, -0.1) is 0 Å². The molecule has 0 saturated heterocycles. The molecular weight excluding hydrogens is 284 g/mol. The summed E-state index contributed by atoms with van der Waals surface area (Å²) < 4.78 is 0. The Morgan fingerprint density at radius 2 is 1.81 bits per heavy atom. The van der Waals surface area contributed by atoms with E-state index in [9.17, 15) is 5.11 Å². The Kier molecular flexibility index (Phi) is 3.95. The summed E-state index contributed by atoms with van der Waals surface area (Å²) in [5.74, 6) is 0. The highest BCUT2D eigenvalue weighted by Crippen LogP contribution is 2.29. The Hall–Kier alpha value is -1.84. The Bertz CT molecular complexity index is 684. The van der Waals surface area contributed by atoms with Gasteiger partial charge in [0.25, 0.3) is 0 Å². The number of aliphatic hydroxyl groups excluding tert-OH is 1. The van der Waals surface area contributed by atoms with E-state index in [1.165, 1.54) is 0 Å². The molecular formula is C17H17ClN2O. The van der Waals surface area contributed by atoms with E-state index in [1.54, 1.807) is 0 Å². The van der Waals surface area contributed by atoms with Crippen LogP contribution in [0, 0.1) is 0 Å². The molecule has 3 rings (SSSR count).